The third-order valence-corrected chi connectivity index (χ3v) is 4.63. The quantitative estimate of drug-likeness (QED) is 0.670. The zero-order valence-electron chi connectivity index (χ0n) is 9.50. The van der Waals surface area contributed by atoms with Gasteiger partial charge in [0.05, 0.1) is 4.75 Å². The molecule has 0 heterocycles. The lowest BCUT2D eigenvalue weighted by Crippen LogP contribution is -2.44. The van der Waals surface area contributed by atoms with Gasteiger partial charge in [0.25, 0.3) is 0 Å². The van der Waals surface area contributed by atoms with Crippen molar-refractivity contribution in [3.05, 3.63) is 0 Å². The number of hydrogen-bond acceptors (Lipinski definition) is 4. The van der Waals surface area contributed by atoms with Crippen molar-refractivity contribution < 1.29 is 8.42 Å². The Labute approximate surface area is 87.2 Å². The highest BCUT2D eigenvalue weighted by Gasteiger charge is 2.29. The summed E-state index contributed by atoms with van der Waals surface area (Å²) in [5, 5.41) is 3.17. The van der Waals surface area contributed by atoms with Gasteiger partial charge in [-0.1, -0.05) is 0 Å². The lowest BCUT2D eigenvalue weighted by molar-refractivity contribution is 0.466. The van der Waals surface area contributed by atoms with Crippen molar-refractivity contribution in [3.63, 3.8) is 0 Å². The predicted octanol–water partition coefficient (Wildman–Crippen LogP) is 0.137. The normalized spacial score (nSPS) is 15.5. The summed E-state index contributed by atoms with van der Waals surface area (Å²) in [5.74, 6) is 0. The van der Waals surface area contributed by atoms with Gasteiger partial charge in [0, 0.05) is 18.8 Å². The van der Waals surface area contributed by atoms with E-state index >= 15 is 0 Å². The molecule has 0 aliphatic rings. The maximum absolute atomic E-state index is 11.4. The molecule has 0 radical (unpaired) electrons. The first-order valence-electron chi connectivity index (χ1n) is 4.84. The molecule has 0 bridgehead atoms. The molecule has 0 saturated heterocycles. The van der Waals surface area contributed by atoms with Gasteiger partial charge in [-0.2, -0.15) is 0 Å². The Hall–Kier alpha value is -0.130. The van der Waals surface area contributed by atoms with Gasteiger partial charge >= 0.3 is 0 Å². The van der Waals surface area contributed by atoms with Crippen molar-refractivity contribution in [1.82, 2.24) is 5.32 Å². The molecule has 0 aromatic heterocycles. The number of nitrogens with two attached hydrogens (primary N) is 1. The number of hydrogen-bond donors (Lipinski definition) is 2. The van der Waals surface area contributed by atoms with Gasteiger partial charge in [-0.3, -0.25) is 0 Å². The van der Waals surface area contributed by atoms with Crippen molar-refractivity contribution >= 4 is 9.84 Å². The fraction of sp³-hybridized carbons (Fsp3) is 1.00. The number of nitrogens with one attached hydrogen (secondary N) is 1. The van der Waals surface area contributed by atoms with Gasteiger partial charge in [0.2, 0.25) is 0 Å². The molecule has 0 aromatic rings. The molecule has 0 saturated carbocycles. The van der Waals surface area contributed by atoms with Crippen molar-refractivity contribution in [1.29, 1.82) is 0 Å². The standard InChI is InChI=1S/C9H22N2O2S/c1-8(5-6-10)11-7-9(2,3)14(4,12)13/h8,11H,5-7,10H2,1-4H3. The predicted molar refractivity (Wildman–Crippen MR) is 60.1 cm³/mol. The van der Waals surface area contributed by atoms with Gasteiger partial charge in [-0.05, 0) is 33.7 Å². The van der Waals surface area contributed by atoms with Gasteiger partial charge in [-0.15, -0.1) is 0 Å². The molecule has 0 aromatic carbocycles. The van der Waals surface area contributed by atoms with E-state index in [0.717, 1.165) is 6.42 Å². The van der Waals surface area contributed by atoms with Crippen LogP contribution in [0.1, 0.15) is 27.2 Å². The van der Waals surface area contributed by atoms with E-state index in [1.807, 2.05) is 6.92 Å². The van der Waals surface area contributed by atoms with E-state index in [0.29, 0.717) is 13.1 Å². The van der Waals surface area contributed by atoms with Crippen LogP contribution in [0.4, 0.5) is 0 Å². The molecule has 0 aliphatic heterocycles. The minimum atomic E-state index is -3.01. The number of rotatable bonds is 6. The summed E-state index contributed by atoms with van der Waals surface area (Å²) in [4.78, 5) is 0. The highest BCUT2D eigenvalue weighted by molar-refractivity contribution is 7.92. The minimum absolute atomic E-state index is 0.265. The van der Waals surface area contributed by atoms with Crippen molar-refractivity contribution in [2.75, 3.05) is 19.3 Å². The Morgan fingerprint density at radius 1 is 1.43 bits per heavy atom. The monoisotopic (exact) mass is 222 g/mol. The third kappa shape index (κ3) is 4.39. The topological polar surface area (TPSA) is 72.2 Å². The highest BCUT2D eigenvalue weighted by atomic mass is 32.2. The van der Waals surface area contributed by atoms with Crippen LogP contribution in [0.25, 0.3) is 0 Å². The molecule has 0 aliphatic carbocycles. The molecule has 3 N–H and O–H groups in total. The Bertz CT molecular complexity index is 260. The Morgan fingerprint density at radius 2 is 1.93 bits per heavy atom. The van der Waals surface area contributed by atoms with Crippen LogP contribution in [-0.2, 0) is 9.84 Å². The van der Waals surface area contributed by atoms with Gasteiger partial charge in [0.1, 0.15) is 0 Å². The van der Waals surface area contributed by atoms with Gasteiger partial charge in [0.15, 0.2) is 9.84 Å². The molecule has 0 fully saturated rings. The summed E-state index contributed by atoms with van der Waals surface area (Å²) >= 11 is 0. The van der Waals surface area contributed by atoms with Gasteiger partial charge < -0.3 is 11.1 Å². The highest BCUT2D eigenvalue weighted by Crippen LogP contribution is 2.13. The maximum atomic E-state index is 11.4. The van der Waals surface area contributed by atoms with Crippen LogP contribution in [0.5, 0.6) is 0 Å². The Balaban J connectivity index is 4.13. The molecule has 5 heteroatoms. The summed E-state index contributed by atoms with van der Waals surface area (Å²) in [7, 11) is -3.01. The van der Waals surface area contributed by atoms with E-state index in [1.54, 1.807) is 13.8 Å². The van der Waals surface area contributed by atoms with Gasteiger partial charge in [-0.25, -0.2) is 8.42 Å². The summed E-state index contributed by atoms with van der Waals surface area (Å²) in [6, 6.07) is 0.265. The maximum Gasteiger partial charge on any atom is 0.153 e. The first kappa shape index (κ1) is 13.9. The fourth-order valence-corrected chi connectivity index (χ4v) is 1.25. The number of sulfone groups is 1. The first-order chi connectivity index (χ1) is 6.20. The molecule has 14 heavy (non-hydrogen) atoms. The van der Waals surface area contributed by atoms with Crippen LogP contribution in [0.2, 0.25) is 0 Å². The zero-order valence-corrected chi connectivity index (χ0v) is 10.3. The largest absolute Gasteiger partial charge is 0.330 e. The van der Waals surface area contributed by atoms with E-state index in [4.69, 9.17) is 5.73 Å². The van der Waals surface area contributed by atoms with E-state index in [2.05, 4.69) is 5.32 Å². The summed E-state index contributed by atoms with van der Waals surface area (Å²) < 4.78 is 22.0. The van der Waals surface area contributed by atoms with Crippen LogP contribution in [0.3, 0.4) is 0 Å². The average molecular weight is 222 g/mol. The fourth-order valence-electron chi connectivity index (χ4n) is 0.903. The van der Waals surface area contributed by atoms with E-state index in [1.165, 1.54) is 6.26 Å². The summed E-state index contributed by atoms with van der Waals surface area (Å²) in [6.45, 7) is 6.54. The lowest BCUT2D eigenvalue weighted by atomic mass is 10.1. The van der Waals surface area contributed by atoms with Crippen LogP contribution in [0.15, 0.2) is 0 Å². The lowest BCUT2D eigenvalue weighted by Gasteiger charge is -2.25. The molecule has 86 valence electrons. The van der Waals surface area contributed by atoms with Crippen molar-refractivity contribution in [3.8, 4) is 0 Å². The van der Waals surface area contributed by atoms with Crippen LogP contribution in [-0.4, -0.2) is 38.6 Å². The first-order valence-corrected chi connectivity index (χ1v) is 6.73. The second-order valence-electron chi connectivity index (χ2n) is 4.39. The smallest absolute Gasteiger partial charge is 0.153 e. The van der Waals surface area contributed by atoms with E-state index in [-0.39, 0.29) is 6.04 Å². The van der Waals surface area contributed by atoms with Crippen LogP contribution < -0.4 is 11.1 Å². The van der Waals surface area contributed by atoms with Crippen molar-refractivity contribution in [2.45, 2.75) is 38.0 Å². The third-order valence-electron chi connectivity index (χ3n) is 2.48. The molecular formula is C9H22N2O2S. The molecule has 0 amide bonds. The average Bonchev–Trinajstić information content (AvgIpc) is 1.99. The molecule has 4 nitrogen and oxygen atoms in total. The molecule has 1 unspecified atom stereocenters. The summed E-state index contributed by atoms with van der Waals surface area (Å²) in [6.07, 6.45) is 2.13. The summed E-state index contributed by atoms with van der Waals surface area (Å²) in [5.41, 5.74) is 5.40. The second kappa shape index (κ2) is 5.09. The second-order valence-corrected chi connectivity index (χ2v) is 7.04. The Kier molecular flexibility index (Phi) is 5.05. The van der Waals surface area contributed by atoms with E-state index in [9.17, 15) is 8.42 Å². The SMILES string of the molecule is CC(CCN)NCC(C)(C)S(C)(=O)=O. The van der Waals surface area contributed by atoms with Crippen LogP contribution >= 0.6 is 0 Å². The van der Waals surface area contributed by atoms with Crippen molar-refractivity contribution in [2.24, 2.45) is 5.73 Å². The molecule has 0 spiro atoms. The Morgan fingerprint density at radius 3 is 2.29 bits per heavy atom. The molecule has 1 atom stereocenters. The molecule has 0 rings (SSSR count). The molecular weight excluding hydrogens is 200 g/mol. The van der Waals surface area contributed by atoms with E-state index < -0.39 is 14.6 Å². The zero-order chi connectivity index (χ0) is 11.4. The minimum Gasteiger partial charge on any atom is -0.330 e. The van der Waals surface area contributed by atoms with Crippen LogP contribution in [0, 0.1) is 0 Å².